The van der Waals surface area contributed by atoms with E-state index < -0.39 is 5.60 Å². The first-order valence-electron chi connectivity index (χ1n) is 10.8. The summed E-state index contributed by atoms with van der Waals surface area (Å²) in [6, 6.07) is 15.8. The fraction of sp³-hybridized carbons (Fsp3) is 0.480. The number of carbonyl (C=O) groups excluding carboxylic acids is 1. The molecule has 0 aromatic heterocycles. The topological polar surface area (TPSA) is 46.5 Å². The van der Waals surface area contributed by atoms with Crippen molar-refractivity contribution in [2.24, 2.45) is 5.92 Å². The maximum absolute atomic E-state index is 12.5. The number of Topliss-reactive ketones (excluding diaryl/α,β-unsaturated/α-hetero) is 1. The van der Waals surface area contributed by atoms with Crippen molar-refractivity contribution < 1.29 is 19.1 Å². The fourth-order valence-corrected chi connectivity index (χ4v) is 5.36. The van der Waals surface area contributed by atoms with Gasteiger partial charge in [-0.25, -0.2) is 0 Å². The van der Waals surface area contributed by atoms with Crippen LogP contribution in [-0.2, 0) is 5.60 Å². The molecule has 3 saturated heterocycles. The second-order valence-corrected chi connectivity index (χ2v) is 8.99. The minimum atomic E-state index is -0.774. The predicted octanol–water partition coefficient (Wildman–Crippen LogP) is 4.09. The molecule has 3 aliphatic rings. The first-order valence-corrected chi connectivity index (χ1v) is 10.8. The van der Waals surface area contributed by atoms with Crippen molar-refractivity contribution in [3.63, 3.8) is 0 Å². The van der Waals surface area contributed by atoms with E-state index in [-0.39, 0.29) is 5.78 Å². The molecule has 4 heteroatoms. The molecule has 29 heavy (non-hydrogen) atoms. The molecule has 0 radical (unpaired) electrons. The van der Waals surface area contributed by atoms with Crippen LogP contribution in [0.15, 0.2) is 48.5 Å². The lowest BCUT2D eigenvalue weighted by Gasteiger charge is -2.56. The van der Waals surface area contributed by atoms with Gasteiger partial charge >= 0.3 is 0 Å². The molecule has 3 fully saturated rings. The van der Waals surface area contributed by atoms with E-state index in [2.05, 4.69) is 0 Å². The van der Waals surface area contributed by atoms with Crippen LogP contribution < -0.4 is 4.74 Å². The molecular formula is C25H32NO3+. The molecule has 2 aromatic carbocycles. The summed E-state index contributed by atoms with van der Waals surface area (Å²) in [4.78, 5) is 12.5. The molecule has 3 aliphatic heterocycles. The van der Waals surface area contributed by atoms with Crippen molar-refractivity contribution >= 4 is 5.78 Å². The zero-order valence-corrected chi connectivity index (χ0v) is 17.6. The van der Waals surface area contributed by atoms with Gasteiger partial charge in [-0.1, -0.05) is 42.0 Å². The van der Waals surface area contributed by atoms with Gasteiger partial charge < -0.3 is 14.3 Å². The summed E-state index contributed by atoms with van der Waals surface area (Å²) in [5.74, 6) is 1.36. The van der Waals surface area contributed by atoms with Crippen molar-refractivity contribution in [1.29, 1.82) is 0 Å². The quantitative estimate of drug-likeness (QED) is 0.568. The van der Waals surface area contributed by atoms with Gasteiger partial charge in [-0.2, -0.15) is 0 Å². The van der Waals surface area contributed by atoms with Crippen LogP contribution in [0.4, 0.5) is 0 Å². The van der Waals surface area contributed by atoms with Crippen molar-refractivity contribution in [3.8, 4) is 5.75 Å². The number of aliphatic hydroxyl groups is 1. The van der Waals surface area contributed by atoms with Crippen molar-refractivity contribution in [3.05, 3.63) is 65.2 Å². The Kier molecular flexibility index (Phi) is 5.50. The number of ketones is 1. The highest BCUT2D eigenvalue weighted by Gasteiger charge is 2.54. The van der Waals surface area contributed by atoms with Gasteiger partial charge in [-0.3, -0.25) is 4.79 Å². The predicted molar refractivity (Wildman–Crippen MR) is 114 cm³/mol. The molecule has 0 saturated carbocycles. The van der Waals surface area contributed by atoms with Gasteiger partial charge in [0, 0.05) is 37.2 Å². The first kappa shape index (κ1) is 20.1. The standard InChI is InChI=1S/C25H32NO3/c1-19-5-7-20(8-6-19)24(27)4-3-15-26-16-13-22(14-17-26)25(28,18-26)21-9-11-23(29-2)12-10-21/h5-12,22,28H,3-4,13-18H2,1-2H3/q+1. The fourth-order valence-electron chi connectivity index (χ4n) is 5.36. The summed E-state index contributed by atoms with van der Waals surface area (Å²) in [5.41, 5.74) is 2.21. The molecule has 2 bridgehead atoms. The van der Waals surface area contributed by atoms with E-state index in [0.29, 0.717) is 12.3 Å². The molecule has 1 unspecified atom stereocenters. The van der Waals surface area contributed by atoms with Gasteiger partial charge in [0.05, 0.1) is 26.7 Å². The Morgan fingerprint density at radius 2 is 1.76 bits per heavy atom. The van der Waals surface area contributed by atoms with Crippen molar-refractivity contribution in [1.82, 2.24) is 0 Å². The highest BCUT2D eigenvalue weighted by molar-refractivity contribution is 5.96. The SMILES string of the molecule is COc1ccc(C2(O)C[N+]3(CCCC(=O)c4ccc(C)cc4)CCC2CC3)cc1. The minimum absolute atomic E-state index is 0.223. The molecule has 0 spiro atoms. The lowest BCUT2D eigenvalue weighted by Crippen LogP contribution is -2.67. The van der Waals surface area contributed by atoms with E-state index in [9.17, 15) is 9.90 Å². The number of rotatable bonds is 7. The lowest BCUT2D eigenvalue weighted by molar-refractivity contribution is -0.952. The van der Waals surface area contributed by atoms with Gasteiger partial charge in [0.1, 0.15) is 17.9 Å². The van der Waals surface area contributed by atoms with E-state index in [1.54, 1.807) is 7.11 Å². The van der Waals surface area contributed by atoms with Gasteiger partial charge in [0.25, 0.3) is 0 Å². The third-order valence-corrected chi connectivity index (χ3v) is 7.16. The number of hydrogen-bond donors (Lipinski definition) is 1. The Hall–Kier alpha value is -2.17. The van der Waals surface area contributed by atoms with Crippen LogP contribution >= 0.6 is 0 Å². The third kappa shape index (κ3) is 3.96. The summed E-state index contributed by atoms with van der Waals surface area (Å²) in [7, 11) is 1.66. The minimum Gasteiger partial charge on any atom is -0.497 e. The maximum atomic E-state index is 12.5. The number of methoxy groups -OCH3 is 1. The van der Waals surface area contributed by atoms with Crippen LogP contribution in [-0.4, -0.2) is 48.7 Å². The first-order chi connectivity index (χ1) is 13.9. The van der Waals surface area contributed by atoms with Crippen LogP contribution in [0.25, 0.3) is 0 Å². The average molecular weight is 395 g/mol. The van der Waals surface area contributed by atoms with Gasteiger partial charge in [0.2, 0.25) is 0 Å². The molecule has 5 rings (SSSR count). The summed E-state index contributed by atoms with van der Waals surface area (Å²) >= 11 is 0. The van der Waals surface area contributed by atoms with E-state index in [0.717, 1.165) is 66.8 Å². The van der Waals surface area contributed by atoms with Gasteiger partial charge in [-0.15, -0.1) is 0 Å². The monoisotopic (exact) mass is 394 g/mol. The number of hydrogen-bond acceptors (Lipinski definition) is 3. The lowest BCUT2D eigenvalue weighted by atomic mass is 9.70. The molecule has 1 N–H and O–H groups in total. The number of ether oxygens (including phenoxy) is 1. The number of piperidine rings is 3. The van der Waals surface area contributed by atoms with Crippen LogP contribution in [0.1, 0.15) is 47.2 Å². The third-order valence-electron chi connectivity index (χ3n) is 7.16. The van der Waals surface area contributed by atoms with Crippen molar-refractivity contribution in [2.75, 3.05) is 33.3 Å². The zero-order chi connectivity index (χ0) is 20.5. The number of aryl methyl sites for hydroxylation is 1. The molecular weight excluding hydrogens is 362 g/mol. The zero-order valence-electron chi connectivity index (χ0n) is 17.6. The van der Waals surface area contributed by atoms with E-state index in [4.69, 9.17) is 4.74 Å². The molecule has 0 amide bonds. The largest absolute Gasteiger partial charge is 0.497 e. The number of fused-ring (bicyclic) bond motifs is 3. The Bertz CT molecular complexity index is 851. The molecule has 3 heterocycles. The number of nitrogens with zero attached hydrogens (tertiary/aromatic N) is 1. The molecule has 0 aliphatic carbocycles. The summed E-state index contributed by atoms with van der Waals surface area (Å²) in [5, 5.41) is 11.7. The highest BCUT2D eigenvalue weighted by atomic mass is 16.5. The van der Waals surface area contributed by atoms with Crippen LogP contribution in [0.5, 0.6) is 5.75 Å². The summed E-state index contributed by atoms with van der Waals surface area (Å²) < 4.78 is 6.20. The van der Waals surface area contributed by atoms with Gasteiger partial charge in [0.15, 0.2) is 5.78 Å². The normalized spacial score (nSPS) is 28.3. The molecule has 4 nitrogen and oxygen atoms in total. The summed E-state index contributed by atoms with van der Waals surface area (Å²) in [6.07, 6.45) is 3.55. The highest BCUT2D eigenvalue weighted by Crippen LogP contribution is 2.46. The molecule has 2 aromatic rings. The number of benzene rings is 2. The number of quaternary nitrogens is 1. The molecule has 1 atom stereocenters. The van der Waals surface area contributed by atoms with Crippen LogP contribution in [0, 0.1) is 12.8 Å². The second-order valence-electron chi connectivity index (χ2n) is 8.99. The Morgan fingerprint density at radius 1 is 1.10 bits per heavy atom. The van der Waals surface area contributed by atoms with Crippen molar-refractivity contribution in [2.45, 2.75) is 38.2 Å². The molecule has 154 valence electrons. The maximum Gasteiger partial charge on any atom is 0.163 e. The van der Waals surface area contributed by atoms with Crippen LogP contribution in [0.2, 0.25) is 0 Å². The van der Waals surface area contributed by atoms with E-state index in [1.165, 1.54) is 5.56 Å². The van der Waals surface area contributed by atoms with E-state index in [1.807, 2.05) is 55.5 Å². The van der Waals surface area contributed by atoms with E-state index >= 15 is 0 Å². The Labute approximate surface area is 173 Å². The van der Waals surface area contributed by atoms with Crippen LogP contribution in [0.3, 0.4) is 0 Å². The second kappa shape index (κ2) is 7.92. The Balaban J connectivity index is 1.42. The Morgan fingerprint density at radius 3 is 2.38 bits per heavy atom. The smallest absolute Gasteiger partial charge is 0.163 e. The number of carbonyl (C=O) groups is 1. The van der Waals surface area contributed by atoms with Gasteiger partial charge in [-0.05, 0) is 24.6 Å². The summed E-state index contributed by atoms with van der Waals surface area (Å²) in [6.45, 7) is 5.98. The average Bonchev–Trinajstić information content (AvgIpc) is 2.74.